The number of nitrogens with zero attached hydrogens (tertiary/aromatic N) is 2. The summed E-state index contributed by atoms with van der Waals surface area (Å²) in [5.41, 5.74) is 4.51. The number of hydrogen-bond donors (Lipinski definition) is 1. The molecule has 0 radical (unpaired) electrons. The number of nitrogens with one attached hydrogen (secondary N) is 1. The summed E-state index contributed by atoms with van der Waals surface area (Å²) in [6, 6.07) is 22.9. The maximum absolute atomic E-state index is 13.5. The fraction of sp³-hybridized carbons (Fsp3) is 0.400. The summed E-state index contributed by atoms with van der Waals surface area (Å²) in [6.07, 6.45) is 7.54. The van der Waals surface area contributed by atoms with E-state index in [1.807, 2.05) is 54.4 Å². The zero-order valence-electron chi connectivity index (χ0n) is 29.3. The van der Waals surface area contributed by atoms with Gasteiger partial charge in [-0.1, -0.05) is 62.9 Å². The summed E-state index contributed by atoms with van der Waals surface area (Å²) < 4.78 is 12.9. The molecule has 0 aliphatic rings. The van der Waals surface area contributed by atoms with E-state index in [4.69, 9.17) is 9.47 Å². The Labute approximate surface area is 289 Å². The average Bonchev–Trinajstić information content (AvgIpc) is 3.36. The van der Waals surface area contributed by atoms with Gasteiger partial charge in [0.2, 0.25) is 11.8 Å². The number of benzene rings is 3. The second kappa shape index (κ2) is 18.6. The third-order valence-electron chi connectivity index (χ3n) is 8.47. The number of rotatable bonds is 18. The Hall–Kier alpha value is -4.92. The van der Waals surface area contributed by atoms with Crippen molar-refractivity contribution in [1.29, 1.82) is 0 Å². The molecule has 1 heterocycles. The minimum absolute atomic E-state index is 0.102. The molecule has 0 atom stereocenters. The normalized spacial score (nSPS) is 10.9. The summed E-state index contributed by atoms with van der Waals surface area (Å²) in [4.78, 5) is 51.0. The highest BCUT2D eigenvalue weighted by Crippen LogP contribution is 2.37. The highest BCUT2D eigenvalue weighted by molar-refractivity contribution is 5.97. The van der Waals surface area contributed by atoms with E-state index in [0.29, 0.717) is 31.0 Å². The molecule has 9 nitrogen and oxygen atoms in total. The van der Waals surface area contributed by atoms with Crippen molar-refractivity contribution in [3.05, 3.63) is 83.9 Å². The average molecular weight is 668 g/mol. The number of amides is 2. The van der Waals surface area contributed by atoms with Gasteiger partial charge in [0.15, 0.2) is 0 Å². The number of esters is 2. The molecule has 0 fully saturated rings. The van der Waals surface area contributed by atoms with Crippen molar-refractivity contribution < 1.29 is 28.7 Å². The van der Waals surface area contributed by atoms with E-state index in [-0.39, 0.29) is 18.2 Å². The Kier molecular flexibility index (Phi) is 14.0. The first-order chi connectivity index (χ1) is 23.7. The van der Waals surface area contributed by atoms with Crippen molar-refractivity contribution in [2.24, 2.45) is 0 Å². The highest BCUT2D eigenvalue weighted by Gasteiger charge is 2.22. The van der Waals surface area contributed by atoms with E-state index in [1.165, 1.54) is 13.8 Å². The molecule has 3 aromatic carbocycles. The molecule has 1 N–H and O–H groups in total. The van der Waals surface area contributed by atoms with Gasteiger partial charge in [0.05, 0.1) is 12.1 Å². The van der Waals surface area contributed by atoms with Gasteiger partial charge in [0, 0.05) is 57.9 Å². The van der Waals surface area contributed by atoms with Crippen LogP contribution in [-0.4, -0.2) is 53.4 Å². The smallest absolute Gasteiger partial charge is 0.308 e. The van der Waals surface area contributed by atoms with E-state index in [0.717, 1.165) is 84.8 Å². The highest BCUT2D eigenvalue weighted by atomic mass is 16.5. The van der Waals surface area contributed by atoms with Crippen LogP contribution >= 0.6 is 0 Å². The number of unbranched alkanes of at least 4 members (excludes halogenated alkanes) is 5. The van der Waals surface area contributed by atoms with Gasteiger partial charge in [-0.2, -0.15) is 0 Å². The summed E-state index contributed by atoms with van der Waals surface area (Å²) >= 11 is 0. The van der Waals surface area contributed by atoms with Gasteiger partial charge in [0.1, 0.15) is 11.5 Å². The molecule has 4 rings (SSSR count). The van der Waals surface area contributed by atoms with E-state index in [9.17, 15) is 19.2 Å². The Morgan fingerprint density at radius 3 is 2.12 bits per heavy atom. The molecule has 4 aromatic rings. The van der Waals surface area contributed by atoms with Gasteiger partial charge >= 0.3 is 11.9 Å². The minimum atomic E-state index is -0.422. The van der Waals surface area contributed by atoms with Gasteiger partial charge in [-0.25, -0.2) is 0 Å². The lowest BCUT2D eigenvalue weighted by atomic mass is 10.0. The third kappa shape index (κ3) is 11.1. The lowest BCUT2D eigenvalue weighted by molar-refractivity contribution is -0.132. The molecule has 0 spiro atoms. The van der Waals surface area contributed by atoms with Crippen LogP contribution in [0.3, 0.4) is 0 Å². The topological polar surface area (TPSA) is 107 Å². The molecule has 260 valence electrons. The molecular formula is C40H49N3O6. The van der Waals surface area contributed by atoms with Crippen molar-refractivity contribution in [1.82, 2.24) is 14.8 Å². The van der Waals surface area contributed by atoms with Crippen LogP contribution in [0.4, 0.5) is 0 Å². The molecule has 0 aliphatic carbocycles. The fourth-order valence-electron chi connectivity index (χ4n) is 6.01. The Bertz CT molecular complexity index is 1710. The van der Waals surface area contributed by atoms with Gasteiger partial charge in [-0.15, -0.1) is 0 Å². The Balaban J connectivity index is 1.51. The van der Waals surface area contributed by atoms with Crippen molar-refractivity contribution in [2.75, 3.05) is 20.1 Å². The van der Waals surface area contributed by atoms with Gasteiger partial charge in [-0.05, 0) is 78.4 Å². The van der Waals surface area contributed by atoms with Crippen molar-refractivity contribution in [3.63, 3.8) is 0 Å². The SMILES string of the molecule is CCCCN(C)C(=O)CCCCCCCNC(=O)Cc1c(-c2ccc(OC(C)=O)cc2)n(Cc2ccccc2)c2ccc(OC(C)=O)cc12. The van der Waals surface area contributed by atoms with Gasteiger partial charge in [-0.3, -0.25) is 19.2 Å². The molecule has 0 saturated heterocycles. The third-order valence-corrected chi connectivity index (χ3v) is 8.47. The molecule has 0 aliphatic heterocycles. The standard InChI is InChI=1S/C40H49N3O6/c1-5-6-25-42(4)39(47)17-13-8-7-9-14-24-41-38(46)27-36-35-26-34(49-30(3)45)22-23-37(35)43(28-31-15-11-10-12-16-31)40(36)32-18-20-33(21-19-32)48-29(2)44/h10-12,15-16,18-23,26H,5-9,13-14,17,24-25,27-28H2,1-4H3,(H,41,46). The quantitative estimate of drug-likeness (QED) is 0.0671. The largest absolute Gasteiger partial charge is 0.427 e. The first-order valence-corrected chi connectivity index (χ1v) is 17.3. The number of hydrogen-bond acceptors (Lipinski definition) is 6. The maximum atomic E-state index is 13.5. The molecule has 0 bridgehead atoms. The molecule has 9 heteroatoms. The number of fused-ring (bicyclic) bond motifs is 1. The van der Waals surface area contributed by atoms with Gasteiger partial charge < -0.3 is 24.3 Å². The molecule has 0 unspecified atom stereocenters. The van der Waals surface area contributed by atoms with E-state index in [1.54, 1.807) is 18.2 Å². The second-order valence-corrected chi connectivity index (χ2v) is 12.5. The summed E-state index contributed by atoms with van der Waals surface area (Å²) in [5.74, 6) is 0.131. The predicted molar refractivity (Wildman–Crippen MR) is 192 cm³/mol. The second-order valence-electron chi connectivity index (χ2n) is 12.5. The Morgan fingerprint density at radius 2 is 1.43 bits per heavy atom. The zero-order valence-corrected chi connectivity index (χ0v) is 29.3. The zero-order chi connectivity index (χ0) is 35.2. The first-order valence-electron chi connectivity index (χ1n) is 17.3. The monoisotopic (exact) mass is 667 g/mol. The minimum Gasteiger partial charge on any atom is -0.427 e. The lowest BCUT2D eigenvalue weighted by Gasteiger charge is -2.16. The fourth-order valence-corrected chi connectivity index (χ4v) is 6.01. The summed E-state index contributed by atoms with van der Waals surface area (Å²) in [5, 5.41) is 3.92. The first kappa shape index (κ1) is 36.9. The van der Waals surface area contributed by atoms with Crippen LogP contribution < -0.4 is 14.8 Å². The van der Waals surface area contributed by atoms with E-state index in [2.05, 4.69) is 28.9 Å². The molecule has 1 aromatic heterocycles. The van der Waals surface area contributed by atoms with Crippen LogP contribution in [0.5, 0.6) is 11.5 Å². The molecule has 49 heavy (non-hydrogen) atoms. The van der Waals surface area contributed by atoms with Crippen LogP contribution in [0.2, 0.25) is 0 Å². The van der Waals surface area contributed by atoms with Crippen LogP contribution in [-0.2, 0) is 32.1 Å². The molecule has 2 amide bonds. The van der Waals surface area contributed by atoms with Crippen molar-refractivity contribution in [2.45, 2.75) is 85.1 Å². The summed E-state index contributed by atoms with van der Waals surface area (Å²) in [7, 11) is 1.88. The number of carbonyl (C=O) groups is 4. The number of ether oxygens (including phenoxy) is 2. The lowest BCUT2D eigenvalue weighted by Crippen LogP contribution is -2.27. The van der Waals surface area contributed by atoms with Crippen LogP contribution in [0.25, 0.3) is 22.2 Å². The van der Waals surface area contributed by atoms with Crippen molar-refractivity contribution >= 4 is 34.7 Å². The predicted octanol–water partition coefficient (Wildman–Crippen LogP) is 7.47. The Morgan fingerprint density at radius 1 is 0.776 bits per heavy atom. The maximum Gasteiger partial charge on any atom is 0.308 e. The van der Waals surface area contributed by atoms with E-state index >= 15 is 0 Å². The number of aromatic nitrogens is 1. The van der Waals surface area contributed by atoms with Crippen LogP contribution in [0.1, 0.15) is 83.3 Å². The van der Waals surface area contributed by atoms with Gasteiger partial charge in [0.25, 0.3) is 0 Å². The molecule has 0 saturated carbocycles. The summed E-state index contributed by atoms with van der Waals surface area (Å²) in [6.45, 7) is 6.78. The number of carbonyl (C=O) groups excluding carboxylic acids is 4. The van der Waals surface area contributed by atoms with E-state index < -0.39 is 11.9 Å². The molecular weight excluding hydrogens is 618 g/mol. The van der Waals surface area contributed by atoms with Crippen molar-refractivity contribution in [3.8, 4) is 22.8 Å². The van der Waals surface area contributed by atoms with Crippen LogP contribution in [0.15, 0.2) is 72.8 Å². The van der Waals surface area contributed by atoms with Crippen LogP contribution in [0, 0.1) is 0 Å².